The summed E-state index contributed by atoms with van der Waals surface area (Å²) in [5, 5.41) is 3.58. The minimum Gasteiger partial charge on any atom is -1.00 e. The van der Waals surface area contributed by atoms with Gasteiger partial charge in [-0.1, -0.05) is 12.5 Å². The minimum absolute atomic E-state index is 0. The molecule has 0 spiro atoms. The zero-order valence-corrected chi connectivity index (χ0v) is 22.0. The maximum atomic E-state index is 3.58. The van der Waals surface area contributed by atoms with E-state index < -0.39 is 0 Å². The molecule has 1 aliphatic rings. The molecule has 0 atom stereocenters. The van der Waals surface area contributed by atoms with Gasteiger partial charge in [0, 0.05) is 0 Å². The Morgan fingerprint density at radius 3 is 1.83 bits per heavy atom. The molecule has 4 nitrogen and oxygen atoms in total. The van der Waals surface area contributed by atoms with Gasteiger partial charge in [-0.05, 0) is 86.2 Å². The van der Waals surface area contributed by atoms with Gasteiger partial charge in [-0.15, -0.1) is 18.2 Å². The van der Waals surface area contributed by atoms with Crippen LogP contribution in [-0.2, 0) is 21.7 Å². The van der Waals surface area contributed by atoms with Gasteiger partial charge in [-0.25, -0.2) is 0 Å². The second kappa shape index (κ2) is 20.4. The molecule has 1 aromatic rings. The van der Waals surface area contributed by atoms with Crippen molar-refractivity contribution in [3.8, 4) is 0 Å². The van der Waals surface area contributed by atoms with Gasteiger partial charge in [-0.3, -0.25) is 0 Å². The molecule has 0 aliphatic carbocycles. The molecule has 0 amide bonds. The van der Waals surface area contributed by atoms with Crippen molar-refractivity contribution in [2.45, 2.75) is 25.7 Å². The summed E-state index contributed by atoms with van der Waals surface area (Å²) in [5.41, 5.74) is 1.37. The van der Waals surface area contributed by atoms with Crippen LogP contribution in [0.5, 0.6) is 0 Å². The molecule has 1 heterocycles. The Balaban J connectivity index is -0.00000169. The van der Waals surface area contributed by atoms with Crippen molar-refractivity contribution < 1.29 is 58.9 Å². The van der Waals surface area contributed by atoms with Crippen molar-refractivity contribution in [1.82, 2.24) is 20.0 Å². The summed E-state index contributed by atoms with van der Waals surface area (Å²) in [7, 11) is 6.76. The summed E-state index contributed by atoms with van der Waals surface area (Å²) in [4.78, 5) is 7.42. The summed E-state index contributed by atoms with van der Waals surface area (Å²) in [6.07, 6.45) is 4.79. The first-order valence-electron chi connectivity index (χ1n) is 9.87. The maximum Gasteiger partial charge on any atom is 4.00 e. The molecule has 0 unspecified atom stereocenters. The molecule has 0 radical (unpaired) electrons. The van der Waals surface area contributed by atoms with Gasteiger partial charge in [-0.2, -0.15) is 17.7 Å². The summed E-state index contributed by atoms with van der Waals surface area (Å²) < 4.78 is 0. The third-order valence-corrected chi connectivity index (χ3v) is 5.12. The first-order valence-corrected chi connectivity index (χ1v) is 9.87. The van der Waals surface area contributed by atoms with Gasteiger partial charge in [0.2, 0.25) is 0 Å². The van der Waals surface area contributed by atoms with Crippen LogP contribution in [0.15, 0.2) is 30.3 Å². The zero-order chi connectivity index (χ0) is 17.9. The van der Waals surface area contributed by atoms with E-state index in [2.05, 4.69) is 71.5 Å². The van der Waals surface area contributed by atoms with E-state index in [9.17, 15) is 0 Å². The molecule has 2 rings (SSSR count). The average molecular weight is 500 g/mol. The van der Waals surface area contributed by atoms with Gasteiger partial charge in [0.05, 0.1) is 0 Å². The Morgan fingerprint density at radius 2 is 1.24 bits per heavy atom. The number of nitrogens with zero attached hydrogens (tertiary/aromatic N) is 3. The van der Waals surface area contributed by atoms with Gasteiger partial charge < -0.3 is 57.2 Å². The number of halogens is 3. The third-order valence-electron chi connectivity index (χ3n) is 5.12. The van der Waals surface area contributed by atoms with Crippen molar-refractivity contribution >= 4 is 0 Å². The number of hydrogen-bond donors (Lipinski definition) is 1. The monoisotopic (exact) mass is 498 g/mol. The summed E-state index contributed by atoms with van der Waals surface area (Å²) >= 11 is 0. The Morgan fingerprint density at radius 1 is 0.724 bits per heavy atom. The molecule has 166 valence electrons. The fourth-order valence-corrected chi connectivity index (χ4v) is 3.49. The Kier molecular flexibility index (Phi) is 24.0. The van der Waals surface area contributed by atoms with Crippen LogP contribution in [0.4, 0.5) is 0 Å². The van der Waals surface area contributed by atoms with Crippen LogP contribution in [-0.4, -0.2) is 81.7 Å². The first-order chi connectivity index (χ1) is 12.2. The molecule has 1 aromatic carbocycles. The third kappa shape index (κ3) is 14.2. The molecular formula is C21H37Cl3N4Ti. The van der Waals surface area contributed by atoms with Crippen molar-refractivity contribution in [2.75, 3.05) is 67.0 Å². The standard InChI is InChI=1S/C21H37N4.3ClH.Ti/c1-23-15-7-13-22-14-8-16-24(2)19-12-21(25(3)18-9-17-23)20-10-5-4-6-11-20;;;;/h4-6,10-11,22H,7-9,12-19H2,1-3H3;3*1H;/q-1;;;;+4/p-3. The van der Waals surface area contributed by atoms with Crippen LogP contribution in [0.3, 0.4) is 0 Å². The van der Waals surface area contributed by atoms with E-state index in [1.165, 1.54) is 50.5 Å². The zero-order valence-electron chi connectivity index (χ0n) is 18.1. The van der Waals surface area contributed by atoms with Gasteiger partial charge in [0.15, 0.2) is 0 Å². The number of hydrogen-bond acceptors (Lipinski definition) is 4. The van der Waals surface area contributed by atoms with E-state index in [4.69, 9.17) is 0 Å². The fourth-order valence-electron chi connectivity index (χ4n) is 3.49. The Labute approximate surface area is 212 Å². The molecule has 0 bridgehead atoms. The molecule has 29 heavy (non-hydrogen) atoms. The van der Waals surface area contributed by atoms with Crippen LogP contribution in [0, 0.1) is 6.04 Å². The summed E-state index contributed by atoms with van der Waals surface area (Å²) in [5.74, 6) is 0. The molecule has 1 fully saturated rings. The molecule has 0 saturated carbocycles. The fraction of sp³-hybridized carbons (Fsp3) is 0.667. The van der Waals surface area contributed by atoms with E-state index in [0.717, 1.165) is 32.6 Å². The molecule has 8 heteroatoms. The van der Waals surface area contributed by atoms with E-state index in [0.29, 0.717) is 0 Å². The van der Waals surface area contributed by atoms with E-state index in [1.807, 2.05) is 0 Å². The molecule has 1 saturated heterocycles. The van der Waals surface area contributed by atoms with Crippen LogP contribution < -0.4 is 42.5 Å². The predicted octanol–water partition coefficient (Wildman–Crippen LogP) is -6.46. The van der Waals surface area contributed by atoms with Crippen molar-refractivity contribution in [3.63, 3.8) is 0 Å². The van der Waals surface area contributed by atoms with E-state index in [-0.39, 0.29) is 58.9 Å². The molecular weight excluding hydrogens is 462 g/mol. The van der Waals surface area contributed by atoms with Crippen molar-refractivity contribution in [3.05, 3.63) is 41.9 Å². The molecule has 1 N–H and O–H groups in total. The van der Waals surface area contributed by atoms with Gasteiger partial charge >= 0.3 is 21.7 Å². The Bertz CT molecular complexity index is 470. The van der Waals surface area contributed by atoms with Crippen LogP contribution >= 0.6 is 0 Å². The van der Waals surface area contributed by atoms with Gasteiger partial charge in [0.1, 0.15) is 0 Å². The second-order valence-corrected chi connectivity index (χ2v) is 7.40. The number of rotatable bonds is 1. The van der Waals surface area contributed by atoms with Crippen LogP contribution in [0.1, 0.15) is 31.2 Å². The van der Waals surface area contributed by atoms with Crippen molar-refractivity contribution in [1.29, 1.82) is 0 Å². The minimum atomic E-state index is 0. The summed E-state index contributed by atoms with van der Waals surface area (Å²) in [6, 6.07) is 12.4. The van der Waals surface area contributed by atoms with Crippen LogP contribution in [0.2, 0.25) is 0 Å². The van der Waals surface area contributed by atoms with E-state index in [1.54, 1.807) is 0 Å². The predicted molar refractivity (Wildman–Crippen MR) is 108 cm³/mol. The van der Waals surface area contributed by atoms with Crippen LogP contribution in [0.25, 0.3) is 0 Å². The largest absolute Gasteiger partial charge is 4.00 e. The number of benzene rings is 1. The first kappa shape index (κ1) is 34.1. The quantitative estimate of drug-likeness (QED) is 0.307. The maximum absolute atomic E-state index is 3.58. The molecule has 0 aromatic heterocycles. The SMILES string of the molecule is CN1CCCNCCCN(C)CC[C-](c2ccccc2)N(C)CCC1.[Cl-].[Cl-].[Cl-].[Ti+4]. The average Bonchev–Trinajstić information content (AvgIpc) is 2.61. The topological polar surface area (TPSA) is 21.8 Å². The molecule has 1 aliphatic heterocycles. The Hall–Kier alpha value is 0.514. The number of nitrogens with one attached hydrogen (secondary N) is 1. The normalized spacial score (nSPS) is 19.1. The van der Waals surface area contributed by atoms with Crippen molar-refractivity contribution in [2.24, 2.45) is 0 Å². The van der Waals surface area contributed by atoms with Gasteiger partial charge in [0.25, 0.3) is 0 Å². The summed E-state index contributed by atoms with van der Waals surface area (Å²) in [6.45, 7) is 8.03. The second-order valence-electron chi connectivity index (χ2n) is 7.40. The van der Waals surface area contributed by atoms with E-state index >= 15 is 0 Å². The smallest absolute Gasteiger partial charge is 1.00 e.